The fourth-order valence-corrected chi connectivity index (χ4v) is 2.86. The van der Waals surface area contributed by atoms with Gasteiger partial charge in [0.25, 0.3) is 0 Å². The molecule has 2 rings (SSSR count). The zero-order valence-electron chi connectivity index (χ0n) is 10.3. The lowest BCUT2D eigenvalue weighted by molar-refractivity contribution is 0.608. The van der Waals surface area contributed by atoms with E-state index in [0.717, 1.165) is 28.9 Å². The third-order valence-corrected chi connectivity index (χ3v) is 4.03. The molecule has 0 atom stereocenters. The Morgan fingerprint density at radius 3 is 3.06 bits per heavy atom. The van der Waals surface area contributed by atoms with Crippen molar-refractivity contribution in [2.75, 3.05) is 12.0 Å². The van der Waals surface area contributed by atoms with E-state index in [1.54, 1.807) is 6.20 Å². The van der Waals surface area contributed by atoms with Crippen LogP contribution in [0.15, 0.2) is 12.3 Å². The Hall–Kier alpha value is -0.520. The van der Waals surface area contributed by atoms with Gasteiger partial charge >= 0.3 is 0 Å². The number of unbranched alkanes of at least 4 members (excludes halogenated alkanes) is 2. The molecule has 0 spiro atoms. The monoisotopic (exact) mass is 301 g/mol. The zero-order valence-corrected chi connectivity index (χ0v) is 12.7. The molecule has 2 aromatic heterocycles. The zero-order chi connectivity index (χ0) is 13.0. The average molecular weight is 302 g/mol. The van der Waals surface area contributed by atoms with E-state index < -0.39 is 0 Å². The number of pyridine rings is 1. The quantitative estimate of drug-likeness (QED) is 0.638. The lowest BCUT2D eigenvalue weighted by Gasteiger charge is -2.03. The summed E-state index contributed by atoms with van der Waals surface area (Å²) >= 11 is 13.1. The van der Waals surface area contributed by atoms with Crippen molar-refractivity contribution in [3.8, 4) is 0 Å². The Bertz CT molecular complexity index is 576. The van der Waals surface area contributed by atoms with Crippen LogP contribution in [0.2, 0.25) is 5.02 Å². The molecular formula is C12H16ClN3S2. The molecule has 0 aromatic carbocycles. The summed E-state index contributed by atoms with van der Waals surface area (Å²) in [6.45, 7) is 0.918. The standard InChI is InChI=1S/C12H16ClN3S2/c1-18-6-4-2-3-5-16-11-10(15-12(16)17)7-9(13)8-14-11/h7-8H,2-6H2,1H3,(H,15,17). The molecule has 2 heterocycles. The van der Waals surface area contributed by atoms with Crippen LogP contribution in [0.4, 0.5) is 0 Å². The lowest BCUT2D eigenvalue weighted by Crippen LogP contribution is -1.99. The van der Waals surface area contributed by atoms with E-state index in [9.17, 15) is 0 Å². The summed E-state index contributed by atoms with van der Waals surface area (Å²) < 4.78 is 2.78. The van der Waals surface area contributed by atoms with Gasteiger partial charge in [0.15, 0.2) is 10.4 Å². The second kappa shape index (κ2) is 6.59. The number of thioether (sulfide) groups is 1. The van der Waals surface area contributed by atoms with Gasteiger partial charge in [-0.3, -0.25) is 0 Å². The fourth-order valence-electron chi connectivity index (χ4n) is 1.92. The molecule has 0 saturated carbocycles. The number of hydrogen-bond acceptors (Lipinski definition) is 3. The SMILES string of the molecule is CSCCCCCn1c(=S)[nH]c2cc(Cl)cnc21. The van der Waals surface area contributed by atoms with Gasteiger partial charge < -0.3 is 9.55 Å². The normalized spacial score (nSPS) is 11.2. The van der Waals surface area contributed by atoms with Crippen LogP contribution < -0.4 is 0 Å². The molecule has 0 aliphatic carbocycles. The number of H-pyrrole nitrogens is 1. The molecule has 0 amide bonds. The molecule has 0 fully saturated rings. The van der Waals surface area contributed by atoms with Crippen molar-refractivity contribution in [1.29, 1.82) is 0 Å². The highest BCUT2D eigenvalue weighted by atomic mass is 35.5. The van der Waals surface area contributed by atoms with E-state index in [1.807, 2.05) is 17.8 Å². The van der Waals surface area contributed by atoms with Gasteiger partial charge in [-0.05, 0) is 43.1 Å². The summed E-state index contributed by atoms with van der Waals surface area (Å²) in [6.07, 6.45) is 7.42. The van der Waals surface area contributed by atoms with Gasteiger partial charge in [0.1, 0.15) is 0 Å². The molecular weight excluding hydrogens is 286 g/mol. The Kier molecular flexibility index (Phi) is 5.09. The van der Waals surface area contributed by atoms with Crippen LogP contribution >= 0.6 is 35.6 Å². The van der Waals surface area contributed by atoms with Gasteiger partial charge in [-0.15, -0.1) is 0 Å². The van der Waals surface area contributed by atoms with Crippen LogP contribution in [0, 0.1) is 4.77 Å². The second-order valence-electron chi connectivity index (χ2n) is 4.16. The lowest BCUT2D eigenvalue weighted by atomic mass is 10.2. The summed E-state index contributed by atoms with van der Waals surface area (Å²) in [4.78, 5) is 7.49. The molecule has 18 heavy (non-hydrogen) atoms. The van der Waals surface area contributed by atoms with Crippen LogP contribution in [0.1, 0.15) is 19.3 Å². The third-order valence-electron chi connectivity index (χ3n) is 2.81. The number of hydrogen-bond donors (Lipinski definition) is 1. The second-order valence-corrected chi connectivity index (χ2v) is 5.97. The number of nitrogens with zero attached hydrogens (tertiary/aromatic N) is 2. The Balaban J connectivity index is 2.08. The summed E-state index contributed by atoms with van der Waals surface area (Å²) in [6, 6.07) is 1.86. The highest BCUT2D eigenvalue weighted by molar-refractivity contribution is 7.98. The van der Waals surface area contributed by atoms with Gasteiger partial charge in [-0.2, -0.15) is 11.8 Å². The number of aromatic amines is 1. The van der Waals surface area contributed by atoms with Crippen LogP contribution in [0.5, 0.6) is 0 Å². The van der Waals surface area contributed by atoms with Crippen molar-refractivity contribution in [3.63, 3.8) is 0 Å². The van der Waals surface area contributed by atoms with Crippen molar-refractivity contribution in [2.45, 2.75) is 25.8 Å². The predicted octanol–water partition coefficient (Wildman–Crippen LogP) is 4.28. The smallest absolute Gasteiger partial charge is 0.179 e. The number of halogens is 1. The summed E-state index contributed by atoms with van der Waals surface area (Å²) in [5.74, 6) is 1.23. The van der Waals surface area contributed by atoms with E-state index in [4.69, 9.17) is 23.8 Å². The highest BCUT2D eigenvalue weighted by Gasteiger charge is 2.05. The molecule has 1 N–H and O–H groups in total. The Morgan fingerprint density at radius 2 is 2.28 bits per heavy atom. The van der Waals surface area contributed by atoms with Crippen molar-refractivity contribution in [3.05, 3.63) is 22.1 Å². The minimum atomic E-state index is 0.630. The molecule has 6 heteroatoms. The molecule has 98 valence electrons. The molecule has 0 unspecified atom stereocenters. The molecule has 0 aliphatic heterocycles. The van der Waals surface area contributed by atoms with Crippen molar-refractivity contribution >= 4 is 46.7 Å². The van der Waals surface area contributed by atoms with Crippen molar-refractivity contribution < 1.29 is 0 Å². The highest BCUT2D eigenvalue weighted by Crippen LogP contribution is 2.17. The molecule has 3 nitrogen and oxygen atoms in total. The van der Waals surface area contributed by atoms with E-state index in [2.05, 4.69) is 20.8 Å². The fraction of sp³-hybridized carbons (Fsp3) is 0.500. The number of fused-ring (bicyclic) bond motifs is 1. The van der Waals surface area contributed by atoms with E-state index in [0.29, 0.717) is 5.02 Å². The molecule has 0 radical (unpaired) electrons. The van der Waals surface area contributed by atoms with Gasteiger partial charge in [0.05, 0.1) is 10.5 Å². The van der Waals surface area contributed by atoms with Gasteiger partial charge in [0.2, 0.25) is 0 Å². The first-order chi connectivity index (χ1) is 8.72. The number of aryl methyl sites for hydroxylation is 1. The summed E-state index contributed by atoms with van der Waals surface area (Å²) in [5.41, 5.74) is 1.81. The molecule has 0 bridgehead atoms. The van der Waals surface area contributed by atoms with Crippen molar-refractivity contribution in [1.82, 2.24) is 14.5 Å². The molecule has 0 aliphatic rings. The van der Waals surface area contributed by atoms with Gasteiger partial charge in [-0.25, -0.2) is 4.98 Å². The minimum Gasteiger partial charge on any atom is -0.329 e. The minimum absolute atomic E-state index is 0.630. The topological polar surface area (TPSA) is 33.6 Å². The van der Waals surface area contributed by atoms with Crippen LogP contribution in [-0.4, -0.2) is 26.5 Å². The largest absolute Gasteiger partial charge is 0.329 e. The average Bonchev–Trinajstić information content (AvgIpc) is 2.64. The maximum atomic E-state index is 5.91. The number of aromatic nitrogens is 3. The first kappa shape index (κ1) is 13.9. The number of nitrogens with one attached hydrogen (secondary N) is 1. The van der Waals surface area contributed by atoms with Crippen LogP contribution in [-0.2, 0) is 6.54 Å². The number of rotatable bonds is 6. The van der Waals surface area contributed by atoms with Gasteiger partial charge in [-0.1, -0.05) is 18.0 Å². The predicted molar refractivity (Wildman–Crippen MR) is 82.2 cm³/mol. The Labute approximate surface area is 121 Å². The van der Waals surface area contributed by atoms with Crippen LogP contribution in [0.3, 0.4) is 0 Å². The molecule has 0 saturated heterocycles. The molecule has 2 aromatic rings. The maximum absolute atomic E-state index is 5.91. The maximum Gasteiger partial charge on any atom is 0.179 e. The van der Waals surface area contributed by atoms with Gasteiger partial charge in [0, 0.05) is 12.7 Å². The number of imidazole rings is 1. The van der Waals surface area contributed by atoms with Crippen LogP contribution in [0.25, 0.3) is 11.2 Å². The summed E-state index contributed by atoms with van der Waals surface area (Å²) in [7, 11) is 0. The van der Waals surface area contributed by atoms with E-state index >= 15 is 0 Å². The third kappa shape index (κ3) is 3.28. The van der Waals surface area contributed by atoms with Crippen molar-refractivity contribution in [2.24, 2.45) is 0 Å². The Morgan fingerprint density at radius 1 is 1.44 bits per heavy atom. The first-order valence-corrected chi connectivity index (χ1v) is 8.13. The summed E-state index contributed by atoms with van der Waals surface area (Å²) in [5, 5.41) is 0.630. The van der Waals surface area contributed by atoms with E-state index in [1.165, 1.54) is 18.6 Å². The first-order valence-electron chi connectivity index (χ1n) is 5.95. The van der Waals surface area contributed by atoms with E-state index in [-0.39, 0.29) is 0 Å².